The predicted octanol–water partition coefficient (Wildman–Crippen LogP) is 2.58. The second-order valence-electron chi connectivity index (χ2n) is 5.46. The number of pyridine rings is 1. The predicted molar refractivity (Wildman–Crippen MR) is 81.5 cm³/mol. The molecule has 0 aliphatic heterocycles. The third-order valence-electron chi connectivity index (χ3n) is 4.01. The quantitative estimate of drug-likeness (QED) is 0.924. The zero-order valence-corrected chi connectivity index (χ0v) is 12.5. The maximum atomic E-state index is 12.5. The largest absolute Gasteiger partial charge is 0.349 e. The van der Waals surface area contributed by atoms with Crippen molar-refractivity contribution in [3.63, 3.8) is 0 Å². The SMILES string of the molecule is Cc1sc2ccn(C)c(=O)c2c1C(=O)NC1CCCC1. The van der Waals surface area contributed by atoms with Gasteiger partial charge in [-0.25, -0.2) is 0 Å². The summed E-state index contributed by atoms with van der Waals surface area (Å²) in [6.07, 6.45) is 6.20. The van der Waals surface area contributed by atoms with Crippen LogP contribution in [0.25, 0.3) is 10.1 Å². The van der Waals surface area contributed by atoms with Crippen LogP contribution in [0.3, 0.4) is 0 Å². The molecule has 0 aromatic carbocycles. The van der Waals surface area contributed by atoms with Gasteiger partial charge in [0.25, 0.3) is 11.5 Å². The highest BCUT2D eigenvalue weighted by Crippen LogP contribution is 2.28. The minimum Gasteiger partial charge on any atom is -0.349 e. The smallest absolute Gasteiger partial charge is 0.259 e. The van der Waals surface area contributed by atoms with Gasteiger partial charge >= 0.3 is 0 Å². The topological polar surface area (TPSA) is 51.1 Å². The summed E-state index contributed by atoms with van der Waals surface area (Å²) in [5.74, 6) is -0.0936. The van der Waals surface area contributed by atoms with Gasteiger partial charge in [-0.3, -0.25) is 9.59 Å². The van der Waals surface area contributed by atoms with Gasteiger partial charge in [0.2, 0.25) is 0 Å². The number of hydrogen-bond acceptors (Lipinski definition) is 3. The molecule has 2 aromatic rings. The molecule has 0 spiro atoms. The van der Waals surface area contributed by atoms with E-state index in [-0.39, 0.29) is 17.5 Å². The summed E-state index contributed by atoms with van der Waals surface area (Å²) in [6.45, 7) is 1.91. The summed E-state index contributed by atoms with van der Waals surface area (Å²) < 4.78 is 2.42. The van der Waals surface area contributed by atoms with Crippen LogP contribution in [-0.4, -0.2) is 16.5 Å². The first-order chi connectivity index (χ1) is 9.58. The molecule has 2 aromatic heterocycles. The molecular formula is C15H18N2O2S. The van der Waals surface area contributed by atoms with Crippen LogP contribution in [0.5, 0.6) is 0 Å². The van der Waals surface area contributed by atoms with Crippen LogP contribution in [0.1, 0.15) is 40.9 Å². The van der Waals surface area contributed by atoms with Crippen LogP contribution >= 0.6 is 11.3 Å². The standard InChI is InChI=1S/C15H18N2O2S/c1-9-12(14(18)16-10-5-3-4-6-10)13-11(20-9)7-8-17(2)15(13)19/h7-8,10H,3-6H2,1-2H3,(H,16,18). The molecule has 106 valence electrons. The lowest BCUT2D eigenvalue weighted by Crippen LogP contribution is -2.33. The fourth-order valence-corrected chi connectivity index (χ4v) is 3.97. The monoisotopic (exact) mass is 290 g/mol. The lowest BCUT2D eigenvalue weighted by Gasteiger charge is -2.12. The molecule has 0 saturated heterocycles. The second kappa shape index (κ2) is 5.05. The first-order valence-electron chi connectivity index (χ1n) is 6.97. The first-order valence-corrected chi connectivity index (χ1v) is 7.79. The lowest BCUT2D eigenvalue weighted by molar-refractivity contribution is 0.0939. The molecule has 1 fully saturated rings. The molecule has 4 nitrogen and oxygen atoms in total. The number of nitrogens with one attached hydrogen (secondary N) is 1. The number of thiophene rings is 1. The van der Waals surface area contributed by atoms with Crippen molar-refractivity contribution in [1.29, 1.82) is 0 Å². The molecule has 1 aliphatic carbocycles. The fourth-order valence-electron chi connectivity index (χ4n) is 2.92. The number of aromatic nitrogens is 1. The minimum absolute atomic E-state index is 0.0936. The summed E-state index contributed by atoms with van der Waals surface area (Å²) in [4.78, 5) is 25.7. The molecule has 2 heterocycles. The average Bonchev–Trinajstić information content (AvgIpc) is 3.01. The van der Waals surface area contributed by atoms with Gasteiger partial charge in [0.05, 0.1) is 10.9 Å². The summed E-state index contributed by atoms with van der Waals surface area (Å²) in [5, 5.41) is 3.64. The van der Waals surface area contributed by atoms with Gasteiger partial charge in [-0.15, -0.1) is 11.3 Å². The van der Waals surface area contributed by atoms with E-state index in [0.29, 0.717) is 10.9 Å². The Kier molecular flexibility index (Phi) is 3.38. The first kappa shape index (κ1) is 13.4. The Morgan fingerprint density at radius 1 is 1.40 bits per heavy atom. The van der Waals surface area contributed by atoms with E-state index in [0.717, 1.165) is 22.4 Å². The highest BCUT2D eigenvalue weighted by Gasteiger charge is 2.23. The van der Waals surface area contributed by atoms with Crippen molar-refractivity contribution in [2.45, 2.75) is 38.6 Å². The molecule has 0 bridgehead atoms. The van der Waals surface area contributed by atoms with Gasteiger partial charge in [0.1, 0.15) is 0 Å². The van der Waals surface area contributed by atoms with Gasteiger partial charge < -0.3 is 9.88 Å². The summed E-state index contributed by atoms with van der Waals surface area (Å²) in [7, 11) is 1.72. The molecule has 0 radical (unpaired) electrons. The molecule has 3 rings (SSSR count). The van der Waals surface area contributed by atoms with Gasteiger partial charge in [0, 0.05) is 28.9 Å². The number of carbonyl (C=O) groups is 1. The zero-order chi connectivity index (χ0) is 14.3. The van der Waals surface area contributed by atoms with Crippen LogP contribution < -0.4 is 10.9 Å². The highest BCUT2D eigenvalue weighted by molar-refractivity contribution is 7.19. The number of aryl methyl sites for hydroxylation is 2. The Labute approximate surface area is 121 Å². The minimum atomic E-state index is -0.0941. The number of rotatable bonds is 2. The fraction of sp³-hybridized carbons (Fsp3) is 0.467. The number of nitrogens with zero attached hydrogens (tertiary/aromatic N) is 1. The van der Waals surface area contributed by atoms with Crippen molar-refractivity contribution in [1.82, 2.24) is 9.88 Å². The number of hydrogen-bond donors (Lipinski definition) is 1. The van der Waals surface area contributed by atoms with Crippen LogP contribution in [0.4, 0.5) is 0 Å². The van der Waals surface area contributed by atoms with E-state index in [2.05, 4.69) is 5.32 Å². The van der Waals surface area contributed by atoms with E-state index < -0.39 is 0 Å². The average molecular weight is 290 g/mol. The molecule has 1 aliphatic rings. The Bertz CT molecular complexity index is 723. The van der Waals surface area contributed by atoms with Gasteiger partial charge in [0.15, 0.2) is 0 Å². The summed E-state index contributed by atoms with van der Waals surface area (Å²) >= 11 is 1.51. The van der Waals surface area contributed by atoms with Crippen molar-refractivity contribution in [3.8, 4) is 0 Å². The maximum Gasteiger partial charge on any atom is 0.259 e. The molecule has 1 saturated carbocycles. The Morgan fingerprint density at radius 2 is 2.10 bits per heavy atom. The number of fused-ring (bicyclic) bond motifs is 1. The zero-order valence-electron chi connectivity index (χ0n) is 11.7. The third-order valence-corrected chi connectivity index (χ3v) is 5.08. The molecule has 1 N–H and O–H groups in total. The van der Waals surface area contributed by atoms with Crippen molar-refractivity contribution in [3.05, 3.63) is 33.1 Å². The van der Waals surface area contributed by atoms with Crippen molar-refractivity contribution in [2.75, 3.05) is 0 Å². The number of carbonyl (C=O) groups excluding carboxylic acids is 1. The van der Waals surface area contributed by atoms with E-state index in [1.54, 1.807) is 13.2 Å². The van der Waals surface area contributed by atoms with E-state index in [9.17, 15) is 9.59 Å². The second-order valence-corrected chi connectivity index (χ2v) is 6.72. The molecule has 0 atom stereocenters. The maximum absolute atomic E-state index is 12.5. The van der Waals surface area contributed by atoms with Crippen LogP contribution in [0.15, 0.2) is 17.1 Å². The summed E-state index contributed by atoms with van der Waals surface area (Å²) in [5.41, 5.74) is 0.474. The summed E-state index contributed by atoms with van der Waals surface area (Å²) in [6, 6.07) is 2.17. The van der Waals surface area contributed by atoms with Gasteiger partial charge in [-0.1, -0.05) is 12.8 Å². The van der Waals surface area contributed by atoms with Crippen molar-refractivity contribution >= 4 is 27.3 Å². The van der Waals surface area contributed by atoms with E-state index >= 15 is 0 Å². The van der Waals surface area contributed by atoms with E-state index in [1.165, 1.54) is 28.7 Å². The van der Waals surface area contributed by atoms with Crippen molar-refractivity contribution in [2.24, 2.45) is 7.05 Å². The lowest BCUT2D eigenvalue weighted by atomic mass is 10.1. The Balaban J connectivity index is 2.05. The van der Waals surface area contributed by atoms with Crippen molar-refractivity contribution < 1.29 is 4.79 Å². The number of amides is 1. The Morgan fingerprint density at radius 3 is 2.80 bits per heavy atom. The Hall–Kier alpha value is -1.62. The van der Waals surface area contributed by atoms with Crippen LogP contribution in [0, 0.1) is 6.92 Å². The van der Waals surface area contributed by atoms with Crippen LogP contribution in [0.2, 0.25) is 0 Å². The molecule has 20 heavy (non-hydrogen) atoms. The highest BCUT2D eigenvalue weighted by atomic mass is 32.1. The molecule has 5 heteroatoms. The third kappa shape index (κ3) is 2.16. The normalized spacial score (nSPS) is 15.9. The van der Waals surface area contributed by atoms with E-state index in [4.69, 9.17) is 0 Å². The van der Waals surface area contributed by atoms with E-state index in [1.807, 2.05) is 13.0 Å². The van der Waals surface area contributed by atoms with Crippen LogP contribution in [-0.2, 0) is 7.05 Å². The molecule has 1 amide bonds. The van der Waals surface area contributed by atoms with Gasteiger partial charge in [-0.2, -0.15) is 0 Å². The van der Waals surface area contributed by atoms with Gasteiger partial charge in [-0.05, 0) is 25.8 Å². The molecule has 0 unspecified atom stereocenters. The molecular weight excluding hydrogens is 272 g/mol.